The van der Waals surface area contributed by atoms with Crippen molar-refractivity contribution < 1.29 is 23.2 Å². The number of hydrogen-bond donors (Lipinski definition) is 0. The van der Waals surface area contributed by atoms with Crippen molar-refractivity contribution >= 4 is 31.8 Å². The Balaban J connectivity index is 0. The predicted octanol–water partition coefficient (Wildman–Crippen LogP) is 2.11. The SMILES string of the molecule is ClCCl.[Cl][Hf]. The molecule has 0 bridgehead atoms. The molecule has 5 heavy (non-hydrogen) atoms. The van der Waals surface area contributed by atoms with Crippen molar-refractivity contribution in [2.24, 2.45) is 0 Å². The van der Waals surface area contributed by atoms with E-state index in [1.807, 2.05) is 0 Å². The fraction of sp³-hybridized carbons (Fsp3) is 1.00. The maximum absolute atomic E-state index is 4.78. The summed E-state index contributed by atoms with van der Waals surface area (Å²) in [5, 5.41) is 0.194. The zero-order chi connectivity index (χ0) is 4.71. The van der Waals surface area contributed by atoms with Gasteiger partial charge < -0.3 is 0 Å². The standard InChI is InChI=1S/CH2Cl2.ClH.Hf/c2-1-3;;/h1H2;1H;/q;;+1/p-1. The first-order chi connectivity index (χ1) is 2.41. The molecule has 0 aliphatic carbocycles. The van der Waals surface area contributed by atoms with Crippen molar-refractivity contribution in [2.75, 3.05) is 5.34 Å². The van der Waals surface area contributed by atoms with Gasteiger partial charge in [-0.1, -0.05) is 0 Å². The van der Waals surface area contributed by atoms with Gasteiger partial charge in [0.2, 0.25) is 0 Å². The summed E-state index contributed by atoms with van der Waals surface area (Å²) in [6.45, 7) is 0. The summed E-state index contributed by atoms with van der Waals surface area (Å²) in [5.41, 5.74) is 0. The Morgan fingerprint density at radius 1 is 1.20 bits per heavy atom. The molecule has 0 aliphatic rings. The summed E-state index contributed by atoms with van der Waals surface area (Å²) in [4.78, 5) is 0. The maximum atomic E-state index is 4.78. The van der Waals surface area contributed by atoms with Crippen LogP contribution in [0.3, 0.4) is 0 Å². The van der Waals surface area contributed by atoms with Gasteiger partial charge in [0.25, 0.3) is 0 Å². The molecule has 0 spiro atoms. The van der Waals surface area contributed by atoms with Gasteiger partial charge in [-0.15, -0.1) is 23.2 Å². The molecule has 0 aromatic heterocycles. The molecule has 0 aromatic carbocycles. The van der Waals surface area contributed by atoms with Crippen LogP contribution >= 0.6 is 31.8 Å². The molecule has 0 nitrogen and oxygen atoms in total. The number of rotatable bonds is 0. The van der Waals surface area contributed by atoms with Crippen LogP contribution in [0.5, 0.6) is 0 Å². The molecule has 0 radical (unpaired) electrons. The molecule has 0 amide bonds. The summed E-state index contributed by atoms with van der Waals surface area (Å²) >= 11 is 10.3. The van der Waals surface area contributed by atoms with E-state index in [0.717, 1.165) is 23.2 Å². The van der Waals surface area contributed by atoms with Gasteiger partial charge in [-0.25, -0.2) is 0 Å². The van der Waals surface area contributed by atoms with Gasteiger partial charge in [-0.3, -0.25) is 0 Å². The fourth-order valence-electron chi connectivity index (χ4n) is 0. The van der Waals surface area contributed by atoms with Crippen molar-refractivity contribution in [3.63, 3.8) is 0 Å². The van der Waals surface area contributed by atoms with Gasteiger partial charge in [0.05, 0.1) is 5.34 Å². The van der Waals surface area contributed by atoms with E-state index in [9.17, 15) is 0 Å². The predicted molar refractivity (Wildman–Crippen MR) is 22.4 cm³/mol. The van der Waals surface area contributed by atoms with E-state index in [2.05, 4.69) is 0 Å². The quantitative estimate of drug-likeness (QED) is 0.475. The third kappa shape index (κ3) is 26.5. The zero-order valence-corrected chi connectivity index (χ0v) is 8.20. The van der Waals surface area contributed by atoms with Crippen molar-refractivity contribution in [2.45, 2.75) is 0 Å². The second-order valence-corrected chi connectivity index (χ2v) is 0.909. The van der Waals surface area contributed by atoms with E-state index < -0.39 is 0 Å². The van der Waals surface area contributed by atoms with Gasteiger partial charge in [-0.2, -0.15) is 0 Å². The van der Waals surface area contributed by atoms with Crippen molar-refractivity contribution in [3.05, 3.63) is 0 Å². The van der Waals surface area contributed by atoms with Crippen molar-refractivity contribution in [1.82, 2.24) is 0 Å². The van der Waals surface area contributed by atoms with Crippen LogP contribution in [0.1, 0.15) is 0 Å². The second-order valence-electron chi connectivity index (χ2n) is 0.101. The molecule has 0 saturated heterocycles. The van der Waals surface area contributed by atoms with Crippen LogP contribution in [0.4, 0.5) is 0 Å². The summed E-state index contributed by atoms with van der Waals surface area (Å²) in [6.07, 6.45) is 0. The van der Waals surface area contributed by atoms with Crippen LogP contribution in [0.25, 0.3) is 0 Å². The third-order valence-electron chi connectivity index (χ3n) is 0. The molecule has 0 heterocycles. The minimum atomic E-state index is 0.194. The number of halogens is 3. The van der Waals surface area contributed by atoms with Crippen LogP contribution in [0.2, 0.25) is 0 Å². The molecule has 31 valence electrons. The molecule has 0 fully saturated rings. The van der Waals surface area contributed by atoms with Gasteiger partial charge in [0.15, 0.2) is 0 Å². The Bertz CT molecular complexity index is 6.85. The molecule has 0 unspecified atom stereocenters. The normalized spacial score (nSPS) is 4.40. The molecule has 0 atom stereocenters. The number of alkyl halides is 2. The monoisotopic (exact) mass is 299 g/mol. The average Bonchev–Trinajstić information content (AvgIpc) is 1.46. The molecule has 0 aromatic rings. The average molecular weight is 299 g/mol. The van der Waals surface area contributed by atoms with Gasteiger partial charge in [-0.05, 0) is 0 Å². The second kappa shape index (κ2) is 17.2. The Kier molecular flexibility index (Phi) is 34.0. The van der Waals surface area contributed by atoms with Crippen molar-refractivity contribution in [3.8, 4) is 0 Å². The molecule has 0 saturated carbocycles. The van der Waals surface area contributed by atoms with Gasteiger partial charge in [0.1, 0.15) is 0 Å². The molecular weight excluding hydrogens is 297 g/mol. The van der Waals surface area contributed by atoms with E-state index in [1.54, 1.807) is 0 Å². The summed E-state index contributed by atoms with van der Waals surface area (Å²) in [6, 6.07) is 0. The Labute approximate surface area is 59.9 Å². The summed E-state index contributed by atoms with van der Waals surface area (Å²) in [5.74, 6) is 0. The topological polar surface area (TPSA) is 0 Å². The first kappa shape index (κ1) is 9.88. The fourth-order valence-corrected chi connectivity index (χ4v) is 0. The van der Waals surface area contributed by atoms with Crippen LogP contribution in [-0.4, -0.2) is 5.34 Å². The summed E-state index contributed by atoms with van der Waals surface area (Å²) < 4.78 is 0. The molecule has 0 rings (SSSR count). The van der Waals surface area contributed by atoms with E-state index in [4.69, 9.17) is 31.8 Å². The third-order valence-corrected chi connectivity index (χ3v) is 0. The first-order valence-corrected chi connectivity index (χ1v) is 6.24. The van der Waals surface area contributed by atoms with Gasteiger partial charge in [0, 0.05) is 0 Å². The molecular formula is CH2Cl3Hf. The Morgan fingerprint density at radius 2 is 1.20 bits per heavy atom. The molecule has 4 heteroatoms. The molecule has 0 aliphatic heterocycles. The van der Waals surface area contributed by atoms with Crippen LogP contribution in [-0.2, 0) is 23.2 Å². The van der Waals surface area contributed by atoms with Crippen molar-refractivity contribution in [1.29, 1.82) is 0 Å². The van der Waals surface area contributed by atoms with Crippen LogP contribution in [0.15, 0.2) is 0 Å². The van der Waals surface area contributed by atoms with Crippen LogP contribution < -0.4 is 0 Å². The van der Waals surface area contributed by atoms with E-state index in [1.165, 1.54) is 0 Å². The Hall–Kier alpha value is 1.74. The molecule has 0 N–H and O–H groups in total. The van der Waals surface area contributed by atoms with Gasteiger partial charge >= 0.3 is 31.8 Å². The van der Waals surface area contributed by atoms with Crippen LogP contribution in [0, 0.1) is 0 Å². The minimum absolute atomic E-state index is 0.194. The zero-order valence-electron chi connectivity index (χ0n) is 2.34. The van der Waals surface area contributed by atoms with E-state index in [-0.39, 0.29) is 5.34 Å². The van der Waals surface area contributed by atoms with E-state index >= 15 is 0 Å². The Morgan fingerprint density at radius 3 is 1.20 bits per heavy atom. The summed E-state index contributed by atoms with van der Waals surface area (Å²) in [7, 11) is 4.78. The first-order valence-electron chi connectivity index (χ1n) is 0.724. The van der Waals surface area contributed by atoms with E-state index in [0.29, 0.717) is 0 Å². The number of hydrogen-bond acceptors (Lipinski definition) is 0.